The van der Waals surface area contributed by atoms with Gasteiger partial charge in [-0.2, -0.15) is 5.10 Å². The molecular weight excluding hydrogens is 352 g/mol. The number of aromatic nitrogens is 3. The van der Waals surface area contributed by atoms with E-state index < -0.39 is 0 Å². The summed E-state index contributed by atoms with van der Waals surface area (Å²) in [5.41, 5.74) is 2.99. The Labute approximate surface area is 164 Å². The molecule has 0 bridgehead atoms. The van der Waals surface area contributed by atoms with Gasteiger partial charge in [0.15, 0.2) is 5.78 Å². The minimum Gasteiger partial charge on any atom is -0.342 e. The number of ketones is 1. The Kier molecular flexibility index (Phi) is 5.68. The number of amides is 1. The number of hydrogen-bond donors (Lipinski definition) is 1. The average molecular weight is 376 g/mol. The molecule has 28 heavy (non-hydrogen) atoms. The highest BCUT2D eigenvalue weighted by atomic mass is 16.1. The van der Waals surface area contributed by atoms with Crippen LogP contribution in [0.4, 0.5) is 0 Å². The summed E-state index contributed by atoms with van der Waals surface area (Å²) in [6.45, 7) is 5.61. The van der Waals surface area contributed by atoms with E-state index in [1.807, 2.05) is 57.3 Å². The van der Waals surface area contributed by atoms with Gasteiger partial charge in [0, 0.05) is 18.2 Å². The molecule has 0 aliphatic rings. The van der Waals surface area contributed by atoms with Crippen molar-refractivity contribution in [2.45, 2.75) is 26.8 Å². The summed E-state index contributed by atoms with van der Waals surface area (Å²) in [6, 6.07) is 14.6. The van der Waals surface area contributed by atoms with Gasteiger partial charge in [0.25, 0.3) is 5.91 Å². The van der Waals surface area contributed by atoms with Crippen LogP contribution in [-0.4, -0.2) is 26.5 Å². The summed E-state index contributed by atoms with van der Waals surface area (Å²) in [5, 5.41) is 7.17. The molecule has 1 aromatic heterocycles. The fourth-order valence-corrected chi connectivity index (χ4v) is 3.10. The molecule has 0 fully saturated rings. The number of carbonyl (C=O) groups excluding carboxylic acids is 2. The Morgan fingerprint density at radius 1 is 1.00 bits per heavy atom. The lowest BCUT2D eigenvalue weighted by atomic mass is 9.99. The predicted octanol–water partition coefficient (Wildman–Crippen LogP) is 3.81. The van der Waals surface area contributed by atoms with Gasteiger partial charge in [-0.05, 0) is 42.2 Å². The van der Waals surface area contributed by atoms with E-state index in [-0.39, 0.29) is 23.7 Å². The number of rotatable bonds is 6. The Morgan fingerprint density at radius 3 is 2.14 bits per heavy atom. The molecule has 6 nitrogen and oxygen atoms in total. The van der Waals surface area contributed by atoms with Crippen molar-refractivity contribution in [1.29, 1.82) is 0 Å². The molecule has 0 radical (unpaired) electrons. The maximum Gasteiger partial charge on any atom is 0.251 e. The summed E-state index contributed by atoms with van der Waals surface area (Å²) in [6.07, 6.45) is 1.49. The first-order valence-electron chi connectivity index (χ1n) is 9.23. The SMILES string of the molecule is CC(=O)c1cccc(-c2cccc(C(=O)NC(c3ncnn3C)C(C)C)c2)c1. The molecule has 3 rings (SSSR count). The standard InChI is InChI=1S/C22H24N4O2/c1-14(2)20(21-23-13-24-26(21)4)25-22(28)19-10-6-9-18(12-19)17-8-5-7-16(11-17)15(3)27/h5-14,20H,1-4H3,(H,25,28). The van der Waals surface area contributed by atoms with E-state index in [1.165, 1.54) is 6.33 Å². The first-order chi connectivity index (χ1) is 13.4. The maximum absolute atomic E-state index is 12.9. The Morgan fingerprint density at radius 2 is 1.61 bits per heavy atom. The third-order valence-corrected chi connectivity index (χ3v) is 4.71. The second-order valence-electron chi connectivity index (χ2n) is 7.15. The predicted molar refractivity (Wildman–Crippen MR) is 108 cm³/mol. The lowest BCUT2D eigenvalue weighted by Crippen LogP contribution is -2.33. The lowest BCUT2D eigenvalue weighted by Gasteiger charge is -2.21. The molecule has 1 N–H and O–H groups in total. The third-order valence-electron chi connectivity index (χ3n) is 4.71. The van der Waals surface area contributed by atoms with Crippen molar-refractivity contribution >= 4 is 11.7 Å². The molecule has 0 aliphatic carbocycles. The van der Waals surface area contributed by atoms with Crippen LogP contribution in [0.3, 0.4) is 0 Å². The number of benzene rings is 2. The molecule has 1 heterocycles. The minimum atomic E-state index is -0.246. The number of nitrogens with one attached hydrogen (secondary N) is 1. The lowest BCUT2D eigenvalue weighted by molar-refractivity contribution is 0.0921. The highest BCUT2D eigenvalue weighted by Crippen LogP contribution is 2.23. The second kappa shape index (κ2) is 8.17. The van der Waals surface area contributed by atoms with E-state index in [9.17, 15) is 9.59 Å². The molecule has 1 amide bonds. The van der Waals surface area contributed by atoms with Gasteiger partial charge in [-0.3, -0.25) is 14.3 Å². The van der Waals surface area contributed by atoms with Crippen LogP contribution in [0.5, 0.6) is 0 Å². The Bertz CT molecular complexity index is 1010. The van der Waals surface area contributed by atoms with Crippen LogP contribution < -0.4 is 5.32 Å². The van der Waals surface area contributed by atoms with Crippen LogP contribution in [0, 0.1) is 5.92 Å². The van der Waals surface area contributed by atoms with Gasteiger partial charge in [0.2, 0.25) is 0 Å². The van der Waals surface area contributed by atoms with Crippen LogP contribution in [0.1, 0.15) is 53.4 Å². The average Bonchev–Trinajstić information content (AvgIpc) is 3.11. The van der Waals surface area contributed by atoms with Crippen LogP contribution >= 0.6 is 0 Å². The summed E-state index contributed by atoms with van der Waals surface area (Å²) in [4.78, 5) is 28.8. The van der Waals surface area contributed by atoms with Crippen molar-refractivity contribution in [1.82, 2.24) is 20.1 Å². The number of nitrogens with zero attached hydrogens (tertiary/aromatic N) is 3. The fraction of sp³-hybridized carbons (Fsp3) is 0.273. The van der Waals surface area contributed by atoms with E-state index >= 15 is 0 Å². The molecule has 1 atom stereocenters. The van der Waals surface area contributed by atoms with E-state index in [2.05, 4.69) is 15.4 Å². The first-order valence-corrected chi connectivity index (χ1v) is 9.23. The number of Topliss-reactive ketones (excluding diaryl/α,β-unsaturated/α-hetero) is 1. The van der Waals surface area contributed by atoms with Crippen molar-refractivity contribution < 1.29 is 9.59 Å². The van der Waals surface area contributed by atoms with Gasteiger partial charge in [-0.1, -0.05) is 44.2 Å². The minimum absolute atomic E-state index is 0.0131. The van der Waals surface area contributed by atoms with Gasteiger partial charge < -0.3 is 5.32 Å². The maximum atomic E-state index is 12.9. The fourth-order valence-electron chi connectivity index (χ4n) is 3.10. The largest absolute Gasteiger partial charge is 0.342 e. The van der Waals surface area contributed by atoms with Crippen molar-refractivity contribution in [2.24, 2.45) is 13.0 Å². The van der Waals surface area contributed by atoms with Gasteiger partial charge >= 0.3 is 0 Å². The summed E-state index contributed by atoms with van der Waals surface area (Å²) < 4.78 is 1.68. The van der Waals surface area contributed by atoms with Gasteiger partial charge in [-0.25, -0.2) is 4.98 Å². The highest BCUT2D eigenvalue weighted by molar-refractivity contribution is 5.97. The molecule has 144 valence electrons. The summed E-state index contributed by atoms with van der Waals surface area (Å²) in [7, 11) is 1.81. The van der Waals surface area contributed by atoms with Gasteiger partial charge in [0.1, 0.15) is 12.2 Å². The van der Waals surface area contributed by atoms with Crippen molar-refractivity contribution in [3.63, 3.8) is 0 Å². The zero-order chi connectivity index (χ0) is 20.3. The molecule has 3 aromatic rings. The van der Waals surface area contributed by atoms with Crippen LogP contribution in [0.2, 0.25) is 0 Å². The second-order valence-corrected chi connectivity index (χ2v) is 7.15. The molecule has 6 heteroatoms. The molecule has 1 unspecified atom stereocenters. The zero-order valence-electron chi connectivity index (χ0n) is 16.5. The summed E-state index contributed by atoms with van der Waals surface area (Å²) >= 11 is 0. The first kappa shape index (κ1) is 19.5. The molecule has 0 saturated carbocycles. The summed E-state index contributed by atoms with van der Waals surface area (Å²) in [5.74, 6) is 0.710. The van der Waals surface area contributed by atoms with E-state index in [1.54, 1.807) is 23.7 Å². The Hall–Kier alpha value is -3.28. The van der Waals surface area contributed by atoms with Crippen molar-refractivity contribution in [3.05, 3.63) is 71.8 Å². The van der Waals surface area contributed by atoms with Crippen LogP contribution in [0.25, 0.3) is 11.1 Å². The highest BCUT2D eigenvalue weighted by Gasteiger charge is 2.23. The molecule has 0 aliphatic heterocycles. The number of carbonyl (C=O) groups is 2. The normalized spacial score (nSPS) is 12.0. The van der Waals surface area contributed by atoms with Gasteiger partial charge in [0.05, 0.1) is 6.04 Å². The van der Waals surface area contributed by atoms with Crippen molar-refractivity contribution in [3.8, 4) is 11.1 Å². The molecule has 0 spiro atoms. The molecule has 2 aromatic carbocycles. The van der Waals surface area contributed by atoms with E-state index in [0.29, 0.717) is 17.0 Å². The van der Waals surface area contributed by atoms with E-state index in [4.69, 9.17) is 0 Å². The quantitative estimate of drug-likeness (QED) is 0.664. The van der Waals surface area contributed by atoms with Crippen molar-refractivity contribution in [2.75, 3.05) is 0 Å². The van der Waals surface area contributed by atoms with Crippen LogP contribution in [-0.2, 0) is 7.05 Å². The number of aryl methyl sites for hydroxylation is 1. The van der Waals surface area contributed by atoms with E-state index in [0.717, 1.165) is 11.1 Å². The monoisotopic (exact) mass is 376 g/mol. The van der Waals surface area contributed by atoms with Crippen LogP contribution in [0.15, 0.2) is 54.9 Å². The smallest absolute Gasteiger partial charge is 0.251 e. The third kappa shape index (κ3) is 4.17. The topological polar surface area (TPSA) is 76.9 Å². The molecule has 0 saturated heterocycles. The molecular formula is C22H24N4O2. The Balaban J connectivity index is 1.87. The zero-order valence-corrected chi connectivity index (χ0v) is 16.5. The number of hydrogen-bond acceptors (Lipinski definition) is 4. The van der Waals surface area contributed by atoms with Gasteiger partial charge in [-0.15, -0.1) is 0 Å².